The molecular weight excluding hydrogens is 146 g/mol. The zero-order chi connectivity index (χ0) is 7.40. The average Bonchev–Trinajstić information content (AvgIpc) is 1.88. The minimum absolute atomic E-state index is 0.175. The molecule has 1 rings (SSSR count). The molecule has 0 aromatic carbocycles. The van der Waals surface area contributed by atoms with Crippen LogP contribution in [0.25, 0.3) is 0 Å². The van der Waals surface area contributed by atoms with Gasteiger partial charge in [-0.05, 0) is 12.1 Å². The minimum atomic E-state index is -0.175. The van der Waals surface area contributed by atoms with Crippen molar-refractivity contribution in [1.29, 1.82) is 0 Å². The number of hydrogen-bond donors (Lipinski definition) is 0. The van der Waals surface area contributed by atoms with Crippen molar-refractivity contribution in [3.05, 3.63) is 24.5 Å². The van der Waals surface area contributed by atoms with Gasteiger partial charge in [0.15, 0.2) is 0 Å². The SMILES string of the molecule is O=C([SiH3])Oc1ccncc1. The predicted octanol–water partition coefficient (Wildman–Crippen LogP) is -0.0542. The minimum Gasteiger partial charge on any atom is -0.432 e. The summed E-state index contributed by atoms with van der Waals surface area (Å²) in [5.41, 5.74) is -0.175. The van der Waals surface area contributed by atoms with E-state index in [0.717, 1.165) is 0 Å². The maximum Gasteiger partial charge on any atom is 0.265 e. The van der Waals surface area contributed by atoms with Crippen LogP contribution in [0.1, 0.15) is 0 Å². The fourth-order valence-corrected chi connectivity index (χ4v) is 0.808. The lowest BCUT2D eigenvalue weighted by atomic mass is 10.5. The van der Waals surface area contributed by atoms with E-state index in [0.29, 0.717) is 16.0 Å². The Hall–Kier alpha value is -1.16. The van der Waals surface area contributed by atoms with Crippen molar-refractivity contribution >= 4 is 15.8 Å². The van der Waals surface area contributed by atoms with Crippen molar-refractivity contribution < 1.29 is 9.53 Å². The van der Waals surface area contributed by atoms with Crippen LogP contribution >= 0.6 is 0 Å². The summed E-state index contributed by atoms with van der Waals surface area (Å²) in [6, 6.07) is 3.30. The highest BCUT2D eigenvalue weighted by atomic mass is 28.1. The second-order valence-corrected chi connectivity index (χ2v) is 2.59. The van der Waals surface area contributed by atoms with Crippen molar-refractivity contribution in [2.45, 2.75) is 0 Å². The number of carbonyl (C=O) groups is 1. The smallest absolute Gasteiger partial charge is 0.265 e. The molecule has 0 bridgehead atoms. The van der Waals surface area contributed by atoms with Gasteiger partial charge in [-0.3, -0.25) is 9.78 Å². The van der Waals surface area contributed by atoms with Gasteiger partial charge in [-0.2, -0.15) is 0 Å². The first-order chi connectivity index (χ1) is 4.79. The Morgan fingerprint density at radius 1 is 1.50 bits per heavy atom. The summed E-state index contributed by atoms with van der Waals surface area (Å²) in [5.74, 6) is 0.565. The number of carbonyl (C=O) groups excluding carboxylic acids is 1. The fourth-order valence-electron chi connectivity index (χ4n) is 0.572. The van der Waals surface area contributed by atoms with Crippen LogP contribution in [0.5, 0.6) is 5.75 Å². The highest BCUT2D eigenvalue weighted by molar-refractivity contribution is 6.55. The lowest BCUT2D eigenvalue weighted by molar-refractivity contribution is 0.225. The van der Waals surface area contributed by atoms with Gasteiger partial charge in [0.05, 0.1) is 0 Å². The molecule has 1 heterocycles. The summed E-state index contributed by atoms with van der Waals surface area (Å²) in [7, 11) is 0.422. The monoisotopic (exact) mass is 153 g/mol. The van der Waals surface area contributed by atoms with E-state index in [4.69, 9.17) is 4.74 Å². The first kappa shape index (κ1) is 6.95. The van der Waals surface area contributed by atoms with Crippen LogP contribution in [0.4, 0.5) is 4.79 Å². The molecule has 0 fully saturated rings. The molecule has 0 saturated heterocycles. The molecule has 1 aromatic rings. The number of pyridine rings is 1. The van der Waals surface area contributed by atoms with Gasteiger partial charge >= 0.3 is 0 Å². The zero-order valence-corrected chi connectivity index (χ0v) is 7.57. The summed E-state index contributed by atoms with van der Waals surface area (Å²) in [6.45, 7) is 0. The molecule has 0 atom stereocenters. The van der Waals surface area contributed by atoms with E-state index in [1.807, 2.05) is 0 Å². The molecule has 3 nitrogen and oxygen atoms in total. The van der Waals surface area contributed by atoms with Gasteiger partial charge in [0.2, 0.25) is 0 Å². The van der Waals surface area contributed by atoms with Gasteiger partial charge in [0, 0.05) is 12.4 Å². The van der Waals surface area contributed by atoms with Crippen LogP contribution in [-0.4, -0.2) is 20.8 Å². The van der Waals surface area contributed by atoms with E-state index in [1.165, 1.54) is 0 Å². The van der Waals surface area contributed by atoms with Gasteiger partial charge in [-0.1, -0.05) is 0 Å². The molecule has 0 aliphatic rings. The van der Waals surface area contributed by atoms with E-state index in [1.54, 1.807) is 24.5 Å². The molecule has 0 spiro atoms. The first-order valence-corrected chi connectivity index (χ1v) is 3.87. The Kier molecular flexibility index (Phi) is 2.17. The van der Waals surface area contributed by atoms with E-state index in [-0.39, 0.29) is 5.59 Å². The first-order valence-electron chi connectivity index (χ1n) is 2.87. The van der Waals surface area contributed by atoms with Crippen LogP contribution in [0.2, 0.25) is 0 Å². The van der Waals surface area contributed by atoms with Gasteiger partial charge in [-0.15, -0.1) is 0 Å². The molecule has 52 valence electrons. The van der Waals surface area contributed by atoms with Gasteiger partial charge < -0.3 is 4.74 Å². The average molecular weight is 153 g/mol. The van der Waals surface area contributed by atoms with Crippen LogP contribution in [-0.2, 0) is 0 Å². The lowest BCUT2D eigenvalue weighted by Gasteiger charge is -1.97. The van der Waals surface area contributed by atoms with Gasteiger partial charge in [0.25, 0.3) is 5.59 Å². The maximum atomic E-state index is 10.4. The lowest BCUT2D eigenvalue weighted by Crippen LogP contribution is -2.03. The van der Waals surface area contributed by atoms with E-state index in [9.17, 15) is 4.79 Å². The van der Waals surface area contributed by atoms with Crippen molar-refractivity contribution in [2.75, 3.05) is 0 Å². The Morgan fingerprint density at radius 3 is 2.60 bits per heavy atom. The summed E-state index contributed by atoms with van der Waals surface area (Å²) in [4.78, 5) is 14.2. The third-order valence-corrected chi connectivity index (χ3v) is 1.12. The Labute approximate surface area is 61.5 Å². The van der Waals surface area contributed by atoms with Crippen LogP contribution in [0.3, 0.4) is 0 Å². The molecule has 0 aliphatic carbocycles. The summed E-state index contributed by atoms with van der Waals surface area (Å²) in [6.07, 6.45) is 3.17. The summed E-state index contributed by atoms with van der Waals surface area (Å²) < 4.78 is 4.80. The fraction of sp³-hybridized carbons (Fsp3) is 0. The topological polar surface area (TPSA) is 39.2 Å². The number of aromatic nitrogens is 1. The molecule has 0 amide bonds. The van der Waals surface area contributed by atoms with E-state index < -0.39 is 0 Å². The molecular formula is C6H7NO2Si. The number of nitrogens with zero attached hydrogens (tertiary/aromatic N) is 1. The van der Waals surface area contributed by atoms with Crippen molar-refractivity contribution in [3.63, 3.8) is 0 Å². The van der Waals surface area contributed by atoms with Crippen molar-refractivity contribution in [2.24, 2.45) is 0 Å². The van der Waals surface area contributed by atoms with Gasteiger partial charge in [0.1, 0.15) is 16.0 Å². The Balaban J connectivity index is 2.67. The van der Waals surface area contributed by atoms with Crippen LogP contribution in [0, 0.1) is 0 Å². The highest BCUT2D eigenvalue weighted by Gasteiger charge is 1.93. The quantitative estimate of drug-likeness (QED) is 0.531. The molecule has 0 aliphatic heterocycles. The molecule has 10 heavy (non-hydrogen) atoms. The predicted molar refractivity (Wildman–Crippen MR) is 40.2 cm³/mol. The molecule has 1 aromatic heterocycles. The third-order valence-electron chi connectivity index (χ3n) is 0.911. The molecule has 4 heteroatoms. The van der Waals surface area contributed by atoms with E-state index >= 15 is 0 Å². The molecule has 0 N–H and O–H groups in total. The van der Waals surface area contributed by atoms with Crippen molar-refractivity contribution in [1.82, 2.24) is 4.98 Å². The second-order valence-electron chi connectivity index (χ2n) is 1.78. The van der Waals surface area contributed by atoms with E-state index in [2.05, 4.69) is 4.98 Å². The summed E-state index contributed by atoms with van der Waals surface area (Å²) >= 11 is 0. The molecule has 0 unspecified atom stereocenters. The highest BCUT2D eigenvalue weighted by Crippen LogP contribution is 2.05. The normalized spacial score (nSPS) is 9.20. The number of ether oxygens (including phenoxy) is 1. The summed E-state index contributed by atoms with van der Waals surface area (Å²) in [5, 5.41) is 0. The van der Waals surface area contributed by atoms with Crippen LogP contribution in [0.15, 0.2) is 24.5 Å². The number of rotatable bonds is 1. The Bertz CT molecular complexity index is 224. The van der Waals surface area contributed by atoms with Crippen molar-refractivity contribution in [3.8, 4) is 5.75 Å². The third kappa shape index (κ3) is 1.98. The Morgan fingerprint density at radius 2 is 2.10 bits per heavy atom. The molecule has 0 saturated carbocycles. The van der Waals surface area contributed by atoms with Crippen LogP contribution < -0.4 is 4.74 Å². The molecule has 0 radical (unpaired) electrons. The standard InChI is InChI=1S/C6H7NO2Si/c8-6(10)9-5-1-3-7-4-2-5/h1-4H,10H3. The van der Waals surface area contributed by atoms with Gasteiger partial charge in [-0.25, -0.2) is 0 Å². The zero-order valence-electron chi connectivity index (χ0n) is 5.57. The largest absolute Gasteiger partial charge is 0.432 e. The second kappa shape index (κ2) is 3.12. The number of hydrogen-bond acceptors (Lipinski definition) is 3. The maximum absolute atomic E-state index is 10.4.